The van der Waals surface area contributed by atoms with E-state index in [-0.39, 0.29) is 12.1 Å². The average molecular weight is 285 g/mol. The summed E-state index contributed by atoms with van der Waals surface area (Å²) < 4.78 is 2.05. The van der Waals surface area contributed by atoms with E-state index >= 15 is 0 Å². The molecule has 2 N–H and O–H groups in total. The van der Waals surface area contributed by atoms with Gasteiger partial charge in [0.1, 0.15) is 0 Å². The number of imidazole rings is 1. The minimum absolute atomic E-state index is 0.121. The van der Waals surface area contributed by atoms with Crippen LogP contribution in [-0.2, 0) is 7.05 Å². The Hall–Kier alpha value is -0.520. The summed E-state index contributed by atoms with van der Waals surface area (Å²) in [5.41, 5.74) is -0.121. The normalized spacial score (nSPS) is 14.5. The molecule has 1 rings (SSSR count). The fraction of sp³-hybridized carbons (Fsp3) is 0.786. The SMILES string of the molecule is CCCNC(C)(CO)CCCCSc1nccn1C. The fourth-order valence-electron chi connectivity index (χ4n) is 1.92. The lowest BCUT2D eigenvalue weighted by Crippen LogP contribution is -2.46. The molecule has 0 aliphatic heterocycles. The van der Waals surface area contributed by atoms with E-state index in [1.165, 1.54) is 0 Å². The highest BCUT2D eigenvalue weighted by atomic mass is 32.2. The Labute approximate surface area is 121 Å². The van der Waals surface area contributed by atoms with E-state index in [4.69, 9.17) is 0 Å². The molecule has 5 heteroatoms. The molecular weight excluding hydrogens is 258 g/mol. The summed E-state index contributed by atoms with van der Waals surface area (Å²) in [6.07, 6.45) is 8.21. The smallest absolute Gasteiger partial charge is 0.167 e. The van der Waals surface area contributed by atoms with Crippen molar-refractivity contribution in [3.05, 3.63) is 12.4 Å². The second-order valence-corrected chi connectivity index (χ2v) is 6.33. The highest BCUT2D eigenvalue weighted by molar-refractivity contribution is 7.99. The molecule has 0 bridgehead atoms. The fourth-order valence-corrected chi connectivity index (χ4v) is 2.85. The van der Waals surface area contributed by atoms with Gasteiger partial charge in [0.15, 0.2) is 5.16 Å². The van der Waals surface area contributed by atoms with Gasteiger partial charge in [0.25, 0.3) is 0 Å². The van der Waals surface area contributed by atoms with Crippen LogP contribution in [0.4, 0.5) is 0 Å². The second kappa shape index (κ2) is 8.61. The van der Waals surface area contributed by atoms with E-state index in [0.29, 0.717) is 0 Å². The van der Waals surface area contributed by atoms with Crippen molar-refractivity contribution in [1.82, 2.24) is 14.9 Å². The van der Waals surface area contributed by atoms with E-state index < -0.39 is 0 Å². The third-order valence-corrected chi connectivity index (χ3v) is 4.43. The molecule has 0 amide bonds. The Bertz CT molecular complexity index is 356. The second-order valence-electron chi connectivity index (χ2n) is 5.27. The Kier molecular flexibility index (Phi) is 7.49. The van der Waals surface area contributed by atoms with Crippen LogP contribution in [0.1, 0.15) is 39.5 Å². The van der Waals surface area contributed by atoms with E-state index in [1.54, 1.807) is 11.8 Å². The van der Waals surface area contributed by atoms with Gasteiger partial charge in [-0.05, 0) is 32.7 Å². The molecule has 1 atom stereocenters. The maximum absolute atomic E-state index is 9.47. The van der Waals surface area contributed by atoms with Gasteiger partial charge in [0.2, 0.25) is 0 Å². The van der Waals surface area contributed by atoms with Crippen molar-refractivity contribution in [3.63, 3.8) is 0 Å². The van der Waals surface area contributed by atoms with Crippen LogP contribution < -0.4 is 5.32 Å². The van der Waals surface area contributed by atoms with E-state index in [1.807, 2.05) is 24.0 Å². The minimum Gasteiger partial charge on any atom is -0.394 e. The van der Waals surface area contributed by atoms with Crippen LogP contribution in [0, 0.1) is 0 Å². The summed E-state index contributed by atoms with van der Waals surface area (Å²) in [5.74, 6) is 1.08. The number of aliphatic hydroxyl groups excluding tert-OH is 1. The van der Waals surface area contributed by atoms with Gasteiger partial charge in [-0.1, -0.05) is 25.1 Å². The van der Waals surface area contributed by atoms with E-state index in [9.17, 15) is 5.11 Å². The third kappa shape index (κ3) is 5.97. The quantitative estimate of drug-likeness (QED) is 0.512. The molecule has 0 aliphatic rings. The van der Waals surface area contributed by atoms with Crippen molar-refractivity contribution in [1.29, 1.82) is 0 Å². The van der Waals surface area contributed by atoms with Gasteiger partial charge in [-0.15, -0.1) is 0 Å². The van der Waals surface area contributed by atoms with Gasteiger partial charge in [-0.2, -0.15) is 0 Å². The van der Waals surface area contributed by atoms with Crippen molar-refractivity contribution in [2.45, 2.75) is 50.2 Å². The molecule has 0 saturated heterocycles. The number of hydrogen-bond donors (Lipinski definition) is 2. The Balaban J connectivity index is 2.17. The Morgan fingerprint density at radius 1 is 1.47 bits per heavy atom. The number of nitrogens with one attached hydrogen (secondary N) is 1. The zero-order valence-electron chi connectivity index (χ0n) is 12.4. The summed E-state index contributed by atoms with van der Waals surface area (Å²) in [5, 5.41) is 14.0. The number of thioether (sulfide) groups is 1. The number of rotatable bonds is 10. The van der Waals surface area contributed by atoms with Crippen LogP contribution >= 0.6 is 11.8 Å². The number of nitrogens with zero attached hydrogens (tertiary/aromatic N) is 2. The lowest BCUT2D eigenvalue weighted by atomic mass is 9.96. The first-order chi connectivity index (χ1) is 9.11. The predicted molar refractivity (Wildman–Crippen MR) is 81.6 cm³/mol. The lowest BCUT2D eigenvalue weighted by molar-refractivity contribution is 0.163. The topological polar surface area (TPSA) is 50.1 Å². The molecule has 0 fully saturated rings. The highest BCUT2D eigenvalue weighted by Crippen LogP contribution is 2.19. The number of hydrogen-bond acceptors (Lipinski definition) is 4. The number of aliphatic hydroxyl groups is 1. The van der Waals surface area contributed by atoms with Crippen molar-refractivity contribution in [2.24, 2.45) is 7.05 Å². The molecule has 4 nitrogen and oxygen atoms in total. The zero-order valence-corrected chi connectivity index (χ0v) is 13.2. The molecule has 0 radical (unpaired) electrons. The molecule has 0 saturated carbocycles. The summed E-state index contributed by atoms with van der Waals surface area (Å²) in [7, 11) is 2.02. The van der Waals surface area contributed by atoms with Gasteiger partial charge in [0, 0.05) is 30.7 Å². The summed E-state index contributed by atoms with van der Waals surface area (Å²) in [4.78, 5) is 4.29. The Morgan fingerprint density at radius 3 is 2.84 bits per heavy atom. The van der Waals surface area contributed by atoms with Crippen LogP contribution in [0.25, 0.3) is 0 Å². The zero-order chi connectivity index (χ0) is 14.1. The third-order valence-electron chi connectivity index (χ3n) is 3.28. The molecule has 1 aromatic heterocycles. The minimum atomic E-state index is -0.121. The van der Waals surface area contributed by atoms with Gasteiger partial charge in [-0.3, -0.25) is 0 Å². The summed E-state index contributed by atoms with van der Waals surface area (Å²) >= 11 is 1.80. The van der Waals surface area contributed by atoms with E-state index in [0.717, 1.165) is 43.1 Å². The largest absolute Gasteiger partial charge is 0.394 e. The van der Waals surface area contributed by atoms with Crippen molar-refractivity contribution in [2.75, 3.05) is 18.9 Å². The number of unbranched alkanes of at least 4 members (excludes halogenated alkanes) is 1. The summed E-state index contributed by atoms with van der Waals surface area (Å²) in [6.45, 7) is 5.43. The lowest BCUT2D eigenvalue weighted by Gasteiger charge is -2.28. The molecule has 1 heterocycles. The number of aromatic nitrogens is 2. The van der Waals surface area contributed by atoms with Crippen LogP contribution in [0.3, 0.4) is 0 Å². The number of aryl methyl sites for hydroxylation is 1. The molecule has 0 aromatic carbocycles. The van der Waals surface area contributed by atoms with Gasteiger partial charge < -0.3 is 15.0 Å². The first-order valence-electron chi connectivity index (χ1n) is 7.07. The maximum atomic E-state index is 9.47. The molecule has 0 aliphatic carbocycles. The van der Waals surface area contributed by atoms with Crippen molar-refractivity contribution < 1.29 is 5.11 Å². The van der Waals surface area contributed by atoms with Crippen LogP contribution in [0.2, 0.25) is 0 Å². The molecule has 1 aromatic rings. The molecule has 19 heavy (non-hydrogen) atoms. The monoisotopic (exact) mass is 285 g/mol. The van der Waals surface area contributed by atoms with Gasteiger partial charge >= 0.3 is 0 Å². The van der Waals surface area contributed by atoms with Gasteiger partial charge in [-0.25, -0.2) is 4.98 Å². The maximum Gasteiger partial charge on any atom is 0.167 e. The van der Waals surface area contributed by atoms with E-state index in [2.05, 4.69) is 24.1 Å². The molecule has 1 unspecified atom stereocenters. The first kappa shape index (κ1) is 16.5. The van der Waals surface area contributed by atoms with Crippen molar-refractivity contribution >= 4 is 11.8 Å². The van der Waals surface area contributed by atoms with Crippen LogP contribution in [0.5, 0.6) is 0 Å². The standard InChI is InChI=1S/C14H27N3OS/c1-4-8-16-14(2,12-18)7-5-6-11-19-13-15-9-10-17(13)3/h9-10,16,18H,4-8,11-12H2,1-3H3. The molecule has 0 spiro atoms. The highest BCUT2D eigenvalue weighted by Gasteiger charge is 2.21. The summed E-state index contributed by atoms with van der Waals surface area (Å²) in [6, 6.07) is 0. The van der Waals surface area contributed by atoms with Gasteiger partial charge in [0.05, 0.1) is 6.61 Å². The predicted octanol–water partition coefficient (Wildman–Crippen LogP) is 2.43. The molecule has 110 valence electrons. The average Bonchev–Trinajstić information content (AvgIpc) is 2.82. The Morgan fingerprint density at radius 2 is 2.26 bits per heavy atom. The van der Waals surface area contributed by atoms with Crippen LogP contribution in [-0.4, -0.2) is 39.1 Å². The van der Waals surface area contributed by atoms with Crippen LogP contribution in [0.15, 0.2) is 17.6 Å². The first-order valence-corrected chi connectivity index (χ1v) is 8.06. The van der Waals surface area contributed by atoms with Crippen molar-refractivity contribution in [3.8, 4) is 0 Å². The molecular formula is C14H27N3OS.